The zero-order valence-electron chi connectivity index (χ0n) is 15.7. The lowest BCUT2D eigenvalue weighted by atomic mass is 9.96. The van der Waals surface area contributed by atoms with E-state index in [2.05, 4.69) is 29.4 Å². The summed E-state index contributed by atoms with van der Waals surface area (Å²) < 4.78 is 5.37. The van der Waals surface area contributed by atoms with Crippen LogP contribution in [0.5, 0.6) is 0 Å². The molecular formula is C17H28N4O3S. The zero-order chi connectivity index (χ0) is 18.6. The highest BCUT2D eigenvalue weighted by Gasteiger charge is 2.30. The maximum Gasteiger partial charge on any atom is 0.410 e. The van der Waals surface area contributed by atoms with Crippen LogP contribution >= 0.6 is 11.3 Å². The molecule has 0 bridgehead atoms. The normalized spacial score (nSPS) is 16.2. The molecule has 1 aromatic heterocycles. The molecular weight excluding hydrogens is 340 g/mol. The number of carbonyl (C=O) groups is 2. The summed E-state index contributed by atoms with van der Waals surface area (Å²) in [4.78, 5) is 26.1. The standard InChI is InChI=1S/C17H28N4O3S/c1-11(2)10-13-19-20-15(25-13)18-14(22)12-6-8-21(9-7-12)16(23)24-17(3,4)5/h11-12H,6-10H2,1-5H3,(H,18,20,22). The van der Waals surface area contributed by atoms with Crippen molar-refractivity contribution in [2.24, 2.45) is 11.8 Å². The second kappa shape index (κ2) is 8.12. The molecule has 0 atom stereocenters. The minimum atomic E-state index is -0.503. The molecule has 1 aromatic rings. The molecule has 0 unspecified atom stereocenters. The van der Waals surface area contributed by atoms with Crippen molar-refractivity contribution in [2.45, 2.75) is 59.5 Å². The zero-order valence-corrected chi connectivity index (χ0v) is 16.5. The SMILES string of the molecule is CC(C)Cc1nnc(NC(=O)C2CCN(C(=O)OC(C)(C)C)CC2)s1. The van der Waals surface area contributed by atoms with Gasteiger partial charge in [-0.05, 0) is 39.5 Å². The van der Waals surface area contributed by atoms with E-state index >= 15 is 0 Å². The van der Waals surface area contributed by atoms with E-state index in [1.54, 1.807) is 4.90 Å². The lowest BCUT2D eigenvalue weighted by molar-refractivity contribution is -0.121. The Morgan fingerprint density at radius 1 is 1.28 bits per heavy atom. The van der Waals surface area contributed by atoms with Gasteiger partial charge in [0, 0.05) is 25.4 Å². The van der Waals surface area contributed by atoms with E-state index in [0.29, 0.717) is 37.0 Å². The van der Waals surface area contributed by atoms with Gasteiger partial charge in [0.15, 0.2) is 0 Å². The first-order chi connectivity index (χ1) is 11.6. The lowest BCUT2D eigenvalue weighted by Crippen LogP contribution is -2.43. The van der Waals surface area contributed by atoms with E-state index in [0.717, 1.165) is 11.4 Å². The van der Waals surface area contributed by atoms with Gasteiger partial charge in [-0.25, -0.2) is 4.79 Å². The number of piperidine rings is 1. The molecule has 2 amide bonds. The van der Waals surface area contributed by atoms with Crippen LogP contribution < -0.4 is 5.32 Å². The summed E-state index contributed by atoms with van der Waals surface area (Å²) in [5.41, 5.74) is -0.503. The van der Waals surface area contributed by atoms with Crippen molar-refractivity contribution in [2.75, 3.05) is 18.4 Å². The molecule has 0 saturated carbocycles. The maximum atomic E-state index is 12.4. The average Bonchev–Trinajstić information content (AvgIpc) is 2.91. The molecule has 7 nitrogen and oxygen atoms in total. The Morgan fingerprint density at radius 2 is 1.92 bits per heavy atom. The van der Waals surface area contributed by atoms with E-state index in [1.165, 1.54) is 11.3 Å². The number of anilines is 1. The van der Waals surface area contributed by atoms with Crippen molar-refractivity contribution in [3.63, 3.8) is 0 Å². The van der Waals surface area contributed by atoms with Gasteiger partial charge < -0.3 is 15.0 Å². The second-order valence-corrected chi connectivity index (χ2v) is 8.89. The Hall–Kier alpha value is -1.70. The highest BCUT2D eigenvalue weighted by atomic mass is 32.1. The van der Waals surface area contributed by atoms with Crippen LogP contribution in [-0.2, 0) is 16.0 Å². The number of amides is 2. The fourth-order valence-corrected chi connectivity index (χ4v) is 3.55. The molecule has 0 aliphatic carbocycles. The molecule has 1 N–H and O–H groups in total. The topological polar surface area (TPSA) is 84.4 Å². The van der Waals surface area contributed by atoms with Crippen LogP contribution in [0.1, 0.15) is 52.5 Å². The van der Waals surface area contributed by atoms with Gasteiger partial charge in [0.05, 0.1) is 0 Å². The van der Waals surface area contributed by atoms with Gasteiger partial charge in [-0.3, -0.25) is 4.79 Å². The fourth-order valence-electron chi connectivity index (χ4n) is 2.59. The van der Waals surface area contributed by atoms with Gasteiger partial charge in [0.2, 0.25) is 11.0 Å². The third-order valence-corrected chi connectivity index (χ3v) is 4.66. The Bertz CT molecular complexity index is 601. The quantitative estimate of drug-likeness (QED) is 0.881. The van der Waals surface area contributed by atoms with Crippen LogP contribution in [0.4, 0.5) is 9.93 Å². The Labute approximate surface area is 153 Å². The minimum Gasteiger partial charge on any atom is -0.444 e. The molecule has 1 aliphatic rings. The smallest absolute Gasteiger partial charge is 0.410 e. The summed E-state index contributed by atoms with van der Waals surface area (Å²) in [5.74, 6) is 0.348. The Morgan fingerprint density at radius 3 is 2.48 bits per heavy atom. The highest BCUT2D eigenvalue weighted by Crippen LogP contribution is 2.23. The minimum absolute atomic E-state index is 0.0453. The van der Waals surface area contributed by atoms with E-state index in [4.69, 9.17) is 4.74 Å². The number of aromatic nitrogens is 2. The van der Waals surface area contributed by atoms with Gasteiger partial charge in [-0.1, -0.05) is 25.2 Å². The number of likely N-dealkylation sites (tertiary alicyclic amines) is 1. The van der Waals surface area contributed by atoms with E-state index in [9.17, 15) is 9.59 Å². The molecule has 25 heavy (non-hydrogen) atoms. The Kier molecular flexibility index (Phi) is 6.37. The number of carbonyl (C=O) groups excluding carboxylic acids is 2. The third-order valence-electron chi connectivity index (χ3n) is 3.80. The van der Waals surface area contributed by atoms with Crippen LogP contribution in [0.2, 0.25) is 0 Å². The molecule has 1 fully saturated rings. The molecule has 8 heteroatoms. The molecule has 0 radical (unpaired) electrons. The number of hydrogen-bond acceptors (Lipinski definition) is 6. The summed E-state index contributed by atoms with van der Waals surface area (Å²) in [6.45, 7) is 10.8. The number of ether oxygens (including phenoxy) is 1. The monoisotopic (exact) mass is 368 g/mol. The highest BCUT2D eigenvalue weighted by molar-refractivity contribution is 7.15. The molecule has 1 aliphatic heterocycles. The number of nitrogens with one attached hydrogen (secondary N) is 1. The molecule has 0 aromatic carbocycles. The van der Waals surface area contributed by atoms with Crippen LogP contribution in [0, 0.1) is 11.8 Å². The first-order valence-electron chi connectivity index (χ1n) is 8.75. The Balaban J connectivity index is 1.81. The second-order valence-electron chi connectivity index (χ2n) is 7.83. The van der Waals surface area contributed by atoms with Crippen molar-refractivity contribution in [3.05, 3.63) is 5.01 Å². The van der Waals surface area contributed by atoms with Crippen LogP contribution in [0.15, 0.2) is 0 Å². The van der Waals surface area contributed by atoms with Crippen molar-refractivity contribution in [3.8, 4) is 0 Å². The predicted octanol–water partition coefficient (Wildman–Crippen LogP) is 3.32. The van der Waals surface area contributed by atoms with Gasteiger partial charge in [0.1, 0.15) is 10.6 Å². The molecule has 2 rings (SSSR count). The third kappa shape index (κ3) is 6.26. The summed E-state index contributed by atoms with van der Waals surface area (Å²) in [6, 6.07) is 0. The first kappa shape index (κ1) is 19.6. The summed E-state index contributed by atoms with van der Waals surface area (Å²) in [5, 5.41) is 12.5. The summed E-state index contributed by atoms with van der Waals surface area (Å²) in [6.07, 6.45) is 1.81. The van der Waals surface area contributed by atoms with E-state index in [1.807, 2.05) is 20.8 Å². The van der Waals surface area contributed by atoms with Crippen LogP contribution in [0.25, 0.3) is 0 Å². The lowest BCUT2D eigenvalue weighted by Gasteiger charge is -2.32. The summed E-state index contributed by atoms with van der Waals surface area (Å²) in [7, 11) is 0. The van der Waals surface area contributed by atoms with Crippen LogP contribution in [-0.4, -0.2) is 45.8 Å². The number of nitrogens with zero attached hydrogens (tertiary/aromatic N) is 3. The van der Waals surface area contributed by atoms with Gasteiger partial charge in [0.25, 0.3) is 0 Å². The van der Waals surface area contributed by atoms with Crippen molar-refractivity contribution in [1.82, 2.24) is 15.1 Å². The van der Waals surface area contributed by atoms with Gasteiger partial charge in [-0.15, -0.1) is 10.2 Å². The predicted molar refractivity (Wildman–Crippen MR) is 97.6 cm³/mol. The van der Waals surface area contributed by atoms with Gasteiger partial charge in [-0.2, -0.15) is 0 Å². The molecule has 2 heterocycles. The van der Waals surface area contributed by atoms with Crippen molar-refractivity contribution in [1.29, 1.82) is 0 Å². The van der Waals surface area contributed by atoms with Crippen molar-refractivity contribution >= 4 is 28.5 Å². The van der Waals surface area contributed by atoms with E-state index in [-0.39, 0.29) is 17.9 Å². The fraction of sp³-hybridized carbons (Fsp3) is 0.765. The molecule has 1 saturated heterocycles. The van der Waals surface area contributed by atoms with Gasteiger partial charge >= 0.3 is 6.09 Å². The number of rotatable bonds is 4. The molecule has 140 valence electrons. The average molecular weight is 369 g/mol. The number of hydrogen-bond donors (Lipinski definition) is 1. The maximum absolute atomic E-state index is 12.4. The molecule has 0 spiro atoms. The largest absolute Gasteiger partial charge is 0.444 e. The van der Waals surface area contributed by atoms with Crippen LogP contribution in [0.3, 0.4) is 0 Å². The first-order valence-corrected chi connectivity index (χ1v) is 9.57. The summed E-state index contributed by atoms with van der Waals surface area (Å²) >= 11 is 1.43. The van der Waals surface area contributed by atoms with E-state index < -0.39 is 5.60 Å². The van der Waals surface area contributed by atoms with Crippen molar-refractivity contribution < 1.29 is 14.3 Å².